The first-order valence-corrected chi connectivity index (χ1v) is 12.1. The first kappa shape index (κ1) is 21.7. The van der Waals surface area contributed by atoms with Gasteiger partial charge >= 0.3 is 8.56 Å². The second-order valence-corrected chi connectivity index (χ2v) is 10.7. The number of hydrogen-bond acceptors (Lipinski definition) is 3. The summed E-state index contributed by atoms with van der Waals surface area (Å²) in [6, 6.07) is 25.4. The lowest BCUT2D eigenvalue weighted by molar-refractivity contribution is -0.115. The van der Waals surface area contributed by atoms with Crippen molar-refractivity contribution in [3.05, 3.63) is 95.7 Å². The zero-order valence-electron chi connectivity index (χ0n) is 17.2. The molecular weight excluding hydrogens is 390 g/mol. The number of carbonyl (C=O) groups is 1. The van der Waals surface area contributed by atoms with E-state index in [0.717, 1.165) is 27.9 Å². The average Bonchev–Trinajstić information content (AvgIpc) is 2.74. The molecule has 154 valence electrons. The molecule has 0 heterocycles. The van der Waals surface area contributed by atoms with E-state index in [1.807, 2.05) is 78.9 Å². The Kier molecular flexibility index (Phi) is 7.00. The number of hydrogen-bond donors (Lipinski definition) is 3. The van der Waals surface area contributed by atoms with Gasteiger partial charge in [0.05, 0.1) is 6.42 Å². The Balaban J connectivity index is 1.61. The highest BCUT2D eigenvalue weighted by atomic mass is 28.4. The van der Waals surface area contributed by atoms with E-state index in [9.17, 15) is 14.4 Å². The maximum atomic E-state index is 12.5. The second-order valence-electron chi connectivity index (χ2n) is 7.68. The van der Waals surface area contributed by atoms with Crippen LogP contribution in [-0.4, -0.2) is 24.1 Å². The van der Waals surface area contributed by atoms with E-state index < -0.39 is 8.56 Å². The fourth-order valence-electron chi connectivity index (χ4n) is 2.96. The van der Waals surface area contributed by atoms with Crippen LogP contribution in [0.25, 0.3) is 17.2 Å². The van der Waals surface area contributed by atoms with Gasteiger partial charge in [0, 0.05) is 11.2 Å². The zero-order valence-corrected chi connectivity index (χ0v) is 18.2. The fraction of sp³-hybridized carbons (Fsp3) is 0.160. The molecule has 1 amide bonds. The molecule has 0 radical (unpaired) electrons. The first-order valence-electron chi connectivity index (χ1n) is 10.0. The molecule has 0 unspecified atom stereocenters. The number of amides is 1. The van der Waals surface area contributed by atoms with Crippen molar-refractivity contribution in [2.24, 2.45) is 0 Å². The van der Waals surface area contributed by atoms with Gasteiger partial charge in [-0.3, -0.25) is 4.79 Å². The maximum Gasteiger partial charge on any atom is 0.362 e. The van der Waals surface area contributed by atoms with Crippen LogP contribution in [0.15, 0.2) is 84.6 Å². The van der Waals surface area contributed by atoms with Gasteiger partial charge in [-0.25, -0.2) is 0 Å². The summed E-state index contributed by atoms with van der Waals surface area (Å²) >= 11 is 0. The molecule has 0 aliphatic heterocycles. The van der Waals surface area contributed by atoms with E-state index >= 15 is 0 Å². The summed E-state index contributed by atoms with van der Waals surface area (Å²) in [5, 5.41) is 2.96. The van der Waals surface area contributed by atoms with Gasteiger partial charge in [-0.15, -0.1) is 0 Å². The number of carbonyl (C=O) groups excluding carboxylic acids is 1. The SMILES string of the molecule is CC(C)[Si](O)(O)/C=C/c1ccc(CC(=O)Nc2cccc(-c3ccccc3)c2)cc1. The highest BCUT2D eigenvalue weighted by molar-refractivity contribution is 6.72. The Morgan fingerprint density at radius 1 is 0.933 bits per heavy atom. The standard InChI is InChI=1S/C25H27NO3Si/c1-19(2)30(28,29)16-15-20-11-13-21(14-12-20)17-25(27)26-24-10-6-9-23(18-24)22-7-4-3-5-8-22/h3-16,18-19,28-29H,17H2,1-2H3,(H,26,27)/b16-15+. The molecule has 5 heteroatoms. The van der Waals surface area contributed by atoms with E-state index in [1.54, 1.807) is 19.9 Å². The fourth-order valence-corrected chi connectivity index (χ4v) is 3.78. The van der Waals surface area contributed by atoms with Crippen molar-refractivity contribution < 1.29 is 14.4 Å². The van der Waals surface area contributed by atoms with Crippen LogP contribution in [0.1, 0.15) is 25.0 Å². The smallest absolute Gasteiger partial charge is 0.362 e. The van der Waals surface area contributed by atoms with Gasteiger partial charge in [-0.2, -0.15) is 0 Å². The molecule has 4 nitrogen and oxygen atoms in total. The Labute approximate surface area is 178 Å². The van der Waals surface area contributed by atoms with Crippen molar-refractivity contribution in [3.63, 3.8) is 0 Å². The largest absolute Gasteiger partial charge is 0.408 e. The van der Waals surface area contributed by atoms with Crippen LogP contribution in [0.2, 0.25) is 5.54 Å². The van der Waals surface area contributed by atoms with Crippen LogP contribution < -0.4 is 5.32 Å². The zero-order chi connectivity index (χ0) is 21.6. The van der Waals surface area contributed by atoms with Crippen LogP contribution >= 0.6 is 0 Å². The van der Waals surface area contributed by atoms with Gasteiger partial charge in [0.1, 0.15) is 0 Å². The summed E-state index contributed by atoms with van der Waals surface area (Å²) in [5.41, 5.74) is 6.03. The highest BCUT2D eigenvalue weighted by Gasteiger charge is 2.29. The van der Waals surface area contributed by atoms with E-state index in [2.05, 4.69) is 5.32 Å². The number of benzene rings is 3. The normalized spacial score (nSPS) is 11.8. The third-order valence-corrected chi connectivity index (χ3v) is 7.33. The van der Waals surface area contributed by atoms with Crippen molar-refractivity contribution in [3.8, 4) is 11.1 Å². The van der Waals surface area contributed by atoms with Crippen LogP contribution in [0, 0.1) is 0 Å². The van der Waals surface area contributed by atoms with Gasteiger partial charge in [0.25, 0.3) is 0 Å². The third-order valence-electron chi connectivity index (χ3n) is 4.97. The molecule has 3 aromatic carbocycles. The lowest BCUT2D eigenvalue weighted by Gasteiger charge is -2.17. The summed E-state index contributed by atoms with van der Waals surface area (Å²) in [4.78, 5) is 32.5. The molecule has 0 saturated heterocycles. The molecule has 0 aliphatic rings. The minimum absolute atomic E-state index is 0.0829. The van der Waals surface area contributed by atoms with E-state index in [4.69, 9.17) is 0 Å². The van der Waals surface area contributed by atoms with Crippen molar-refractivity contribution in [1.29, 1.82) is 0 Å². The minimum atomic E-state index is -3.32. The lowest BCUT2D eigenvalue weighted by Crippen LogP contribution is -2.35. The van der Waals surface area contributed by atoms with E-state index in [0.29, 0.717) is 0 Å². The first-order chi connectivity index (χ1) is 14.3. The number of rotatable bonds is 7. The van der Waals surface area contributed by atoms with E-state index in [-0.39, 0.29) is 17.9 Å². The van der Waals surface area contributed by atoms with Crippen molar-refractivity contribution in [2.75, 3.05) is 5.32 Å². The quantitative estimate of drug-likeness (QED) is 0.478. The summed E-state index contributed by atoms with van der Waals surface area (Å²) in [6.07, 6.45) is 2.00. The summed E-state index contributed by atoms with van der Waals surface area (Å²) < 4.78 is 0. The third kappa shape index (κ3) is 6.00. The van der Waals surface area contributed by atoms with Gasteiger partial charge in [-0.1, -0.05) is 86.7 Å². The molecule has 30 heavy (non-hydrogen) atoms. The monoisotopic (exact) mass is 417 g/mol. The van der Waals surface area contributed by atoms with Crippen LogP contribution in [0.5, 0.6) is 0 Å². The van der Waals surface area contributed by atoms with Crippen molar-refractivity contribution >= 4 is 26.2 Å². The Bertz CT molecular complexity index is 1010. The minimum Gasteiger partial charge on any atom is -0.408 e. The number of anilines is 1. The van der Waals surface area contributed by atoms with Gasteiger partial charge in [0.15, 0.2) is 0 Å². The predicted octanol–water partition coefficient (Wildman–Crippen LogP) is 4.92. The van der Waals surface area contributed by atoms with Gasteiger partial charge in [-0.05, 0) is 40.1 Å². The molecule has 0 spiro atoms. The molecule has 0 aromatic heterocycles. The average molecular weight is 418 g/mol. The molecule has 0 saturated carbocycles. The van der Waals surface area contributed by atoms with E-state index in [1.165, 1.54) is 5.70 Å². The Hall–Kier alpha value is -2.99. The second kappa shape index (κ2) is 9.67. The summed E-state index contributed by atoms with van der Waals surface area (Å²) in [7, 11) is -3.32. The molecule has 3 aromatic rings. The van der Waals surface area contributed by atoms with Crippen LogP contribution in [-0.2, 0) is 11.2 Å². The molecule has 0 aliphatic carbocycles. The Morgan fingerprint density at radius 3 is 2.27 bits per heavy atom. The van der Waals surface area contributed by atoms with Crippen molar-refractivity contribution in [2.45, 2.75) is 25.8 Å². The van der Waals surface area contributed by atoms with Crippen LogP contribution in [0.4, 0.5) is 5.69 Å². The molecule has 3 rings (SSSR count). The molecule has 0 fully saturated rings. The Morgan fingerprint density at radius 2 is 1.60 bits per heavy atom. The molecular formula is C25H27NO3Si. The van der Waals surface area contributed by atoms with Crippen molar-refractivity contribution in [1.82, 2.24) is 0 Å². The molecule has 3 N–H and O–H groups in total. The maximum absolute atomic E-state index is 12.5. The topological polar surface area (TPSA) is 69.6 Å². The number of nitrogens with one attached hydrogen (secondary N) is 1. The highest BCUT2D eigenvalue weighted by Crippen LogP contribution is 2.22. The predicted molar refractivity (Wildman–Crippen MR) is 125 cm³/mol. The summed E-state index contributed by atoms with van der Waals surface area (Å²) in [5.74, 6) is -0.0829. The van der Waals surface area contributed by atoms with Gasteiger partial charge in [0.2, 0.25) is 5.91 Å². The summed E-state index contributed by atoms with van der Waals surface area (Å²) in [6.45, 7) is 3.60. The lowest BCUT2D eigenvalue weighted by atomic mass is 10.1. The van der Waals surface area contributed by atoms with Crippen LogP contribution in [0.3, 0.4) is 0 Å². The van der Waals surface area contributed by atoms with Gasteiger partial charge < -0.3 is 14.9 Å². The molecule has 0 bridgehead atoms. The molecule has 0 atom stereocenters.